The molecule has 1 aromatic rings. The molecule has 0 spiro atoms. The molecule has 1 aromatic carbocycles. The van der Waals surface area contributed by atoms with E-state index in [9.17, 15) is 4.79 Å². The Hall–Kier alpha value is -1.55. The molecule has 2 aliphatic rings. The standard InChI is InChI=1S/C27H45N3O/c1-7-8-16-29-17-19-30(20-18-29)25-23(10-9-11-24(25)26(31)28(5)6)21-12-14-22(15-13-21)27(2,3)4/h9-11,21-22H,7-8,12-20H2,1-6H3. The molecule has 1 aliphatic heterocycles. The van der Waals surface area contributed by atoms with E-state index < -0.39 is 0 Å². The van der Waals surface area contributed by atoms with Crippen molar-refractivity contribution in [3.63, 3.8) is 0 Å². The molecule has 0 aromatic heterocycles. The average Bonchev–Trinajstić information content (AvgIpc) is 2.76. The maximum atomic E-state index is 13.1. The van der Waals surface area contributed by atoms with Crippen molar-refractivity contribution in [3.8, 4) is 0 Å². The molecule has 0 bridgehead atoms. The van der Waals surface area contributed by atoms with E-state index >= 15 is 0 Å². The van der Waals surface area contributed by atoms with E-state index in [0.29, 0.717) is 11.3 Å². The first-order valence-corrected chi connectivity index (χ1v) is 12.5. The molecule has 31 heavy (non-hydrogen) atoms. The Morgan fingerprint density at radius 3 is 2.23 bits per heavy atom. The maximum Gasteiger partial charge on any atom is 0.255 e. The number of amides is 1. The summed E-state index contributed by atoms with van der Waals surface area (Å²) in [6, 6.07) is 6.47. The predicted molar refractivity (Wildman–Crippen MR) is 132 cm³/mol. The molecule has 4 nitrogen and oxygen atoms in total. The molecule has 3 rings (SSSR count). The van der Waals surface area contributed by atoms with Crippen LogP contribution in [0.5, 0.6) is 0 Å². The molecule has 1 saturated heterocycles. The Kier molecular flexibility index (Phi) is 8.07. The number of piperazine rings is 1. The number of nitrogens with zero attached hydrogens (tertiary/aromatic N) is 3. The van der Waals surface area contributed by atoms with Crippen molar-refractivity contribution in [1.82, 2.24) is 9.80 Å². The summed E-state index contributed by atoms with van der Waals surface area (Å²) in [6.45, 7) is 14.9. The van der Waals surface area contributed by atoms with Crippen LogP contribution in [0.15, 0.2) is 18.2 Å². The molecule has 0 unspecified atom stereocenters. The van der Waals surface area contributed by atoms with Crippen molar-refractivity contribution in [2.75, 3.05) is 51.7 Å². The van der Waals surface area contributed by atoms with Crippen molar-refractivity contribution in [1.29, 1.82) is 0 Å². The highest BCUT2D eigenvalue weighted by Gasteiger charge is 2.33. The molecule has 0 atom stereocenters. The summed E-state index contributed by atoms with van der Waals surface area (Å²) in [5, 5.41) is 0. The summed E-state index contributed by atoms with van der Waals surface area (Å²) in [5.74, 6) is 1.51. The van der Waals surface area contributed by atoms with Crippen LogP contribution in [0.1, 0.15) is 88.1 Å². The number of para-hydroxylation sites is 1. The second-order valence-corrected chi connectivity index (χ2v) is 11.0. The van der Waals surface area contributed by atoms with Crippen LogP contribution in [0.25, 0.3) is 0 Å². The van der Waals surface area contributed by atoms with Crippen LogP contribution in [0.2, 0.25) is 0 Å². The van der Waals surface area contributed by atoms with Crippen LogP contribution in [-0.2, 0) is 0 Å². The topological polar surface area (TPSA) is 26.8 Å². The van der Waals surface area contributed by atoms with E-state index in [2.05, 4.69) is 49.6 Å². The van der Waals surface area contributed by atoms with Gasteiger partial charge in [-0.05, 0) is 67.5 Å². The molecule has 1 amide bonds. The van der Waals surface area contributed by atoms with E-state index in [1.165, 1.54) is 56.3 Å². The highest BCUT2D eigenvalue weighted by molar-refractivity contribution is 6.00. The van der Waals surface area contributed by atoms with Crippen molar-refractivity contribution in [2.45, 2.75) is 72.1 Å². The van der Waals surface area contributed by atoms with Crippen LogP contribution in [0.4, 0.5) is 5.69 Å². The fourth-order valence-electron chi connectivity index (χ4n) is 5.50. The molecule has 174 valence electrons. The fraction of sp³-hybridized carbons (Fsp3) is 0.741. The first-order chi connectivity index (χ1) is 14.7. The first-order valence-electron chi connectivity index (χ1n) is 12.5. The van der Waals surface area contributed by atoms with Crippen molar-refractivity contribution in [2.24, 2.45) is 11.3 Å². The SMILES string of the molecule is CCCCN1CCN(c2c(C(=O)N(C)C)cccc2C2CCC(C(C)(C)C)CC2)CC1. The third kappa shape index (κ3) is 5.83. The minimum Gasteiger partial charge on any atom is -0.368 e. The van der Waals surface area contributed by atoms with Gasteiger partial charge in [-0.2, -0.15) is 0 Å². The van der Waals surface area contributed by atoms with Crippen LogP contribution >= 0.6 is 0 Å². The molecule has 1 saturated carbocycles. The second kappa shape index (κ2) is 10.4. The van der Waals surface area contributed by atoms with Gasteiger partial charge >= 0.3 is 0 Å². The number of carbonyl (C=O) groups is 1. The molecule has 2 fully saturated rings. The van der Waals surface area contributed by atoms with Gasteiger partial charge in [0.15, 0.2) is 0 Å². The predicted octanol–water partition coefficient (Wildman–Crippen LogP) is 5.63. The largest absolute Gasteiger partial charge is 0.368 e. The number of rotatable bonds is 6. The molecular weight excluding hydrogens is 382 g/mol. The van der Waals surface area contributed by atoms with Crippen LogP contribution < -0.4 is 4.90 Å². The lowest BCUT2D eigenvalue weighted by Crippen LogP contribution is -2.47. The van der Waals surface area contributed by atoms with Gasteiger partial charge in [0.25, 0.3) is 5.91 Å². The second-order valence-electron chi connectivity index (χ2n) is 11.0. The van der Waals surface area contributed by atoms with Crippen molar-refractivity contribution in [3.05, 3.63) is 29.3 Å². The summed E-state index contributed by atoms with van der Waals surface area (Å²) in [7, 11) is 3.74. The lowest BCUT2D eigenvalue weighted by Gasteiger charge is -2.41. The molecule has 0 radical (unpaired) electrons. The molecule has 1 aliphatic carbocycles. The molecule has 0 N–H and O–H groups in total. The van der Waals surface area contributed by atoms with Gasteiger partial charge in [0.1, 0.15) is 0 Å². The zero-order chi connectivity index (χ0) is 22.6. The van der Waals surface area contributed by atoms with Crippen LogP contribution in [0, 0.1) is 11.3 Å². The Morgan fingerprint density at radius 2 is 1.68 bits per heavy atom. The van der Waals surface area contributed by atoms with E-state index in [4.69, 9.17) is 0 Å². The average molecular weight is 428 g/mol. The normalized spacial score (nSPS) is 23.1. The summed E-state index contributed by atoms with van der Waals surface area (Å²) in [5.41, 5.74) is 3.94. The number of hydrogen-bond acceptors (Lipinski definition) is 3. The highest BCUT2D eigenvalue weighted by atomic mass is 16.2. The summed E-state index contributed by atoms with van der Waals surface area (Å²) < 4.78 is 0. The van der Waals surface area contributed by atoms with E-state index in [-0.39, 0.29) is 5.91 Å². The summed E-state index contributed by atoms with van der Waals surface area (Å²) in [6.07, 6.45) is 7.60. The Morgan fingerprint density at radius 1 is 1.03 bits per heavy atom. The van der Waals surface area contributed by atoms with Gasteiger partial charge in [-0.25, -0.2) is 0 Å². The Labute approximate surface area is 191 Å². The van der Waals surface area contributed by atoms with Gasteiger partial charge in [-0.15, -0.1) is 0 Å². The smallest absolute Gasteiger partial charge is 0.255 e. The van der Waals surface area contributed by atoms with Crippen molar-refractivity contribution >= 4 is 11.6 Å². The third-order valence-electron chi connectivity index (χ3n) is 7.61. The van der Waals surface area contributed by atoms with Gasteiger partial charge in [0.05, 0.1) is 11.3 Å². The number of carbonyl (C=O) groups excluding carboxylic acids is 1. The molecule has 4 heteroatoms. The fourth-order valence-corrected chi connectivity index (χ4v) is 5.50. The third-order valence-corrected chi connectivity index (χ3v) is 7.61. The van der Waals surface area contributed by atoms with E-state index in [0.717, 1.165) is 37.7 Å². The van der Waals surface area contributed by atoms with Crippen LogP contribution in [0.3, 0.4) is 0 Å². The zero-order valence-electron chi connectivity index (χ0n) is 20.9. The minimum atomic E-state index is 0.133. The zero-order valence-corrected chi connectivity index (χ0v) is 20.9. The Balaban J connectivity index is 1.85. The molecular formula is C27H45N3O. The minimum absolute atomic E-state index is 0.133. The van der Waals surface area contributed by atoms with Gasteiger partial charge in [0, 0.05) is 40.3 Å². The van der Waals surface area contributed by atoms with Gasteiger partial charge < -0.3 is 9.80 Å². The van der Waals surface area contributed by atoms with Crippen molar-refractivity contribution < 1.29 is 4.79 Å². The van der Waals surface area contributed by atoms with E-state index in [1.54, 1.807) is 4.90 Å². The molecule has 1 heterocycles. The number of anilines is 1. The monoisotopic (exact) mass is 427 g/mol. The van der Waals surface area contributed by atoms with Gasteiger partial charge in [0.2, 0.25) is 0 Å². The van der Waals surface area contributed by atoms with Crippen LogP contribution in [-0.4, -0.2) is 62.5 Å². The van der Waals surface area contributed by atoms with Gasteiger partial charge in [-0.1, -0.05) is 46.2 Å². The summed E-state index contributed by atoms with van der Waals surface area (Å²) >= 11 is 0. The maximum absolute atomic E-state index is 13.1. The first kappa shape index (κ1) is 24.1. The number of hydrogen-bond donors (Lipinski definition) is 0. The van der Waals surface area contributed by atoms with E-state index in [1.807, 2.05) is 20.2 Å². The quantitative estimate of drug-likeness (QED) is 0.588. The Bertz CT molecular complexity index is 720. The lowest BCUT2D eigenvalue weighted by atomic mass is 9.68. The summed E-state index contributed by atoms with van der Waals surface area (Å²) in [4.78, 5) is 20.0. The number of benzene rings is 1. The number of unbranched alkanes of at least 4 members (excludes halogenated alkanes) is 1. The van der Waals surface area contributed by atoms with Gasteiger partial charge in [-0.3, -0.25) is 9.69 Å². The lowest BCUT2D eigenvalue weighted by molar-refractivity contribution is 0.0828. The highest BCUT2D eigenvalue weighted by Crippen LogP contribution is 2.46.